The van der Waals surface area contributed by atoms with Crippen LogP contribution in [0.25, 0.3) is 0 Å². The number of hydrogen-bond acceptors (Lipinski definition) is 3. The third kappa shape index (κ3) is 3.86. The molecule has 0 unspecified atom stereocenters. The van der Waals surface area contributed by atoms with Gasteiger partial charge in [0.05, 0.1) is 17.6 Å². The van der Waals surface area contributed by atoms with Crippen LogP contribution >= 0.6 is 15.9 Å². The summed E-state index contributed by atoms with van der Waals surface area (Å²) in [5.41, 5.74) is 1.33. The molecule has 5 nitrogen and oxygen atoms in total. The molecule has 7 heteroatoms. The first-order valence-electron chi connectivity index (χ1n) is 6.39. The second-order valence-corrected chi connectivity index (χ2v) is 7.64. The molecule has 0 bridgehead atoms. The smallest absolute Gasteiger partial charge is 0.255 e. The Morgan fingerprint density at radius 2 is 1.68 bits per heavy atom. The number of nitrogens with zero attached hydrogens (tertiary/aromatic N) is 1. The molecule has 116 valence electrons. The second kappa shape index (κ2) is 6.50. The second-order valence-electron chi connectivity index (χ2n) is 4.71. The summed E-state index contributed by atoms with van der Waals surface area (Å²) in [7, 11) is -1.96. The maximum atomic E-state index is 12.3. The van der Waals surface area contributed by atoms with Crippen LogP contribution in [0.5, 0.6) is 0 Å². The third-order valence-corrected chi connectivity index (χ3v) is 4.82. The van der Waals surface area contributed by atoms with E-state index in [1.54, 1.807) is 48.5 Å². The minimum absolute atomic E-state index is 0.304. The van der Waals surface area contributed by atoms with Crippen LogP contribution in [0, 0.1) is 0 Å². The van der Waals surface area contributed by atoms with Crippen LogP contribution in [0.3, 0.4) is 0 Å². The predicted molar refractivity (Wildman–Crippen MR) is 91.8 cm³/mol. The fourth-order valence-corrected chi connectivity index (χ4v) is 2.61. The van der Waals surface area contributed by atoms with E-state index in [1.807, 2.05) is 0 Å². The van der Waals surface area contributed by atoms with Crippen LogP contribution in [0.4, 0.5) is 11.4 Å². The van der Waals surface area contributed by atoms with Crippen LogP contribution in [0.2, 0.25) is 0 Å². The molecular weight excluding hydrogens is 368 g/mol. The number of carbonyl (C=O) groups excluding carboxylic acids is 1. The lowest BCUT2D eigenvalue weighted by atomic mass is 10.2. The standard InChI is InChI=1S/C15H15BrN2O3S/c1-18(22(2,20)21)14-6-4-3-5-13(14)17-15(19)11-7-9-12(16)10-8-11/h3-10H,1-2H3,(H,17,19). The van der Waals surface area contributed by atoms with Gasteiger partial charge in [0.2, 0.25) is 10.0 Å². The van der Waals surface area contributed by atoms with E-state index in [-0.39, 0.29) is 5.91 Å². The lowest BCUT2D eigenvalue weighted by Gasteiger charge is -2.20. The fourth-order valence-electron chi connectivity index (χ4n) is 1.83. The monoisotopic (exact) mass is 382 g/mol. The molecule has 0 aliphatic heterocycles. The number of amides is 1. The maximum absolute atomic E-state index is 12.3. The Bertz CT molecular complexity index is 789. The van der Waals surface area contributed by atoms with Crippen molar-refractivity contribution in [3.8, 4) is 0 Å². The van der Waals surface area contributed by atoms with E-state index in [0.29, 0.717) is 16.9 Å². The van der Waals surface area contributed by atoms with Crippen molar-refractivity contribution in [1.82, 2.24) is 0 Å². The minimum Gasteiger partial charge on any atom is -0.320 e. The van der Waals surface area contributed by atoms with Crippen LogP contribution in [-0.4, -0.2) is 27.6 Å². The zero-order valence-electron chi connectivity index (χ0n) is 12.1. The van der Waals surface area contributed by atoms with Crippen molar-refractivity contribution < 1.29 is 13.2 Å². The molecule has 0 saturated heterocycles. The topological polar surface area (TPSA) is 66.5 Å². The fraction of sp³-hybridized carbons (Fsp3) is 0.133. The number of halogens is 1. The van der Waals surface area contributed by atoms with Crippen molar-refractivity contribution in [1.29, 1.82) is 0 Å². The maximum Gasteiger partial charge on any atom is 0.255 e. The Balaban J connectivity index is 2.30. The van der Waals surface area contributed by atoms with Crippen molar-refractivity contribution in [3.05, 3.63) is 58.6 Å². The van der Waals surface area contributed by atoms with Crippen LogP contribution < -0.4 is 9.62 Å². The Labute approximate surface area is 138 Å². The van der Waals surface area contributed by atoms with E-state index in [9.17, 15) is 13.2 Å². The third-order valence-electron chi connectivity index (χ3n) is 3.10. The number of sulfonamides is 1. The molecular formula is C15H15BrN2O3S. The molecule has 0 aromatic heterocycles. The van der Waals surface area contributed by atoms with Crippen LogP contribution in [0.1, 0.15) is 10.4 Å². The zero-order chi connectivity index (χ0) is 16.3. The molecule has 1 amide bonds. The number of para-hydroxylation sites is 2. The van der Waals surface area contributed by atoms with Crippen molar-refractivity contribution in [2.75, 3.05) is 22.9 Å². The summed E-state index contributed by atoms with van der Waals surface area (Å²) in [6.45, 7) is 0. The summed E-state index contributed by atoms with van der Waals surface area (Å²) in [4.78, 5) is 12.3. The molecule has 0 atom stereocenters. The lowest BCUT2D eigenvalue weighted by Crippen LogP contribution is -2.26. The number of rotatable bonds is 4. The molecule has 0 spiro atoms. The van der Waals surface area contributed by atoms with E-state index in [4.69, 9.17) is 0 Å². The van der Waals surface area contributed by atoms with Crippen molar-refractivity contribution in [3.63, 3.8) is 0 Å². The first-order valence-corrected chi connectivity index (χ1v) is 9.03. The quantitative estimate of drug-likeness (QED) is 0.883. The van der Waals surface area contributed by atoms with Gasteiger partial charge < -0.3 is 5.32 Å². The van der Waals surface area contributed by atoms with Crippen molar-refractivity contribution in [2.24, 2.45) is 0 Å². The molecule has 0 radical (unpaired) electrons. The first-order chi connectivity index (χ1) is 10.3. The van der Waals surface area contributed by atoms with E-state index in [2.05, 4.69) is 21.2 Å². The molecule has 0 saturated carbocycles. The minimum atomic E-state index is -3.41. The van der Waals surface area contributed by atoms with Gasteiger partial charge in [-0.25, -0.2) is 8.42 Å². The summed E-state index contributed by atoms with van der Waals surface area (Å²) < 4.78 is 25.4. The van der Waals surface area contributed by atoms with Gasteiger partial charge in [-0.1, -0.05) is 28.1 Å². The molecule has 0 heterocycles. The van der Waals surface area contributed by atoms with Crippen molar-refractivity contribution >= 4 is 43.2 Å². The average molecular weight is 383 g/mol. The number of benzene rings is 2. The normalized spacial score (nSPS) is 11.0. The highest BCUT2D eigenvalue weighted by Crippen LogP contribution is 2.26. The Morgan fingerprint density at radius 1 is 1.09 bits per heavy atom. The number of anilines is 2. The van der Waals surface area contributed by atoms with Gasteiger partial charge in [-0.15, -0.1) is 0 Å². The zero-order valence-corrected chi connectivity index (χ0v) is 14.5. The Hall–Kier alpha value is -1.86. The van der Waals surface area contributed by atoms with Crippen LogP contribution in [-0.2, 0) is 10.0 Å². The molecule has 0 aliphatic rings. The lowest BCUT2D eigenvalue weighted by molar-refractivity contribution is 0.102. The molecule has 0 aliphatic carbocycles. The average Bonchev–Trinajstić information content (AvgIpc) is 2.46. The van der Waals surface area contributed by atoms with E-state index in [1.165, 1.54) is 7.05 Å². The van der Waals surface area contributed by atoms with E-state index in [0.717, 1.165) is 15.0 Å². The Morgan fingerprint density at radius 3 is 2.27 bits per heavy atom. The number of carbonyl (C=O) groups is 1. The van der Waals surface area contributed by atoms with Crippen molar-refractivity contribution in [2.45, 2.75) is 0 Å². The highest BCUT2D eigenvalue weighted by atomic mass is 79.9. The Kier molecular flexibility index (Phi) is 4.87. The summed E-state index contributed by atoms with van der Waals surface area (Å²) in [6.07, 6.45) is 1.11. The van der Waals surface area contributed by atoms with Crippen LogP contribution in [0.15, 0.2) is 53.0 Å². The molecule has 0 fully saturated rings. The number of hydrogen-bond donors (Lipinski definition) is 1. The first kappa shape index (κ1) is 16.5. The molecule has 2 aromatic rings. The summed E-state index contributed by atoms with van der Waals surface area (Å²) >= 11 is 3.31. The molecule has 2 aromatic carbocycles. The molecule has 2 rings (SSSR count). The largest absolute Gasteiger partial charge is 0.320 e. The SMILES string of the molecule is CN(c1ccccc1NC(=O)c1ccc(Br)cc1)S(C)(=O)=O. The summed E-state index contributed by atoms with van der Waals surface area (Å²) in [5, 5.41) is 2.74. The van der Waals surface area contributed by atoms with Gasteiger partial charge in [-0.3, -0.25) is 9.10 Å². The van der Waals surface area contributed by atoms with Gasteiger partial charge in [0, 0.05) is 17.1 Å². The predicted octanol–water partition coefficient (Wildman–Crippen LogP) is 3.10. The summed E-state index contributed by atoms with van der Waals surface area (Å²) in [5.74, 6) is -0.304. The van der Waals surface area contributed by atoms with Gasteiger partial charge in [0.15, 0.2) is 0 Å². The molecule has 22 heavy (non-hydrogen) atoms. The van der Waals surface area contributed by atoms with E-state index >= 15 is 0 Å². The van der Waals surface area contributed by atoms with Gasteiger partial charge in [-0.05, 0) is 36.4 Å². The highest BCUT2D eigenvalue weighted by molar-refractivity contribution is 9.10. The van der Waals surface area contributed by atoms with E-state index < -0.39 is 10.0 Å². The van der Waals surface area contributed by atoms with Gasteiger partial charge in [-0.2, -0.15) is 0 Å². The van der Waals surface area contributed by atoms with Gasteiger partial charge in [0.25, 0.3) is 5.91 Å². The van der Waals surface area contributed by atoms with Gasteiger partial charge in [0.1, 0.15) is 0 Å². The summed E-state index contributed by atoms with van der Waals surface area (Å²) in [6, 6.07) is 13.6. The highest BCUT2D eigenvalue weighted by Gasteiger charge is 2.17. The number of nitrogens with one attached hydrogen (secondary N) is 1. The molecule has 1 N–H and O–H groups in total. The van der Waals surface area contributed by atoms with Gasteiger partial charge >= 0.3 is 0 Å².